The molecule has 0 spiro atoms. The van der Waals surface area contributed by atoms with Gasteiger partial charge < -0.3 is 10.0 Å². The van der Waals surface area contributed by atoms with E-state index in [-0.39, 0.29) is 17.4 Å². The van der Waals surface area contributed by atoms with Crippen LogP contribution in [0, 0.1) is 0 Å². The molecule has 1 amide bonds. The van der Waals surface area contributed by atoms with E-state index < -0.39 is 0 Å². The predicted octanol–water partition coefficient (Wildman–Crippen LogP) is 1.51. The van der Waals surface area contributed by atoms with Gasteiger partial charge in [-0.25, -0.2) is 0 Å². The van der Waals surface area contributed by atoms with Gasteiger partial charge in [-0.05, 0) is 18.1 Å². The molecule has 0 saturated carbocycles. The van der Waals surface area contributed by atoms with Crippen LogP contribution in [-0.4, -0.2) is 40.1 Å². The fraction of sp³-hybridized carbons (Fsp3) is 0.600. The summed E-state index contributed by atoms with van der Waals surface area (Å²) in [6, 6.07) is 3.84. The van der Waals surface area contributed by atoms with Crippen LogP contribution in [0.25, 0.3) is 0 Å². The summed E-state index contributed by atoms with van der Waals surface area (Å²) in [6.45, 7) is 7.42. The number of amides is 1. The number of hydrogen-bond acceptors (Lipinski definition) is 3. The zero-order valence-corrected chi connectivity index (χ0v) is 11.9. The van der Waals surface area contributed by atoms with Crippen LogP contribution >= 0.6 is 0 Å². The van der Waals surface area contributed by atoms with Crippen molar-refractivity contribution in [2.24, 2.45) is 0 Å². The van der Waals surface area contributed by atoms with Crippen molar-refractivity contribution in [1.29, 1.82) is 0 Å². The van der Waals surface area contributed by atoms with Crippen molar-refractivity contribution >= 4 is 5.91 Å². The number of nitrogens with zero attached hydrogens (tertiary/aromatic N) is 2. The van der Waals surface area contributed by atoms with Gasteiger partial charge in [-0.2, -0.15) is 0 Å². The summed E-state index contributed by atoms with van der Waals surface area (Å²) in [5.41, 5.74) is 1.89. The van der Waals surface area contributed by atoms with Gasteiger partial charge in [0.2, 0.25) is 5.91 Å². The lowest BCUT2D eigenvalue weighted by Crippen LogP contribution is -2.31. The largest absolute Gasteiger partial charge is 0.391 e. The minimum Gasteiger partial charge on any atom is -0.391 e. The monoisotopic (exact) mass is 262 g/mol. The lowest BCUT2D eigenvalue weighted by Gasteiger charge is -2.22. The molecule has 1 unspecified atom stereocenters. The Bertz CT molecular complexity index is 465. The van der Waals surface area contributed by atoms with E-state index in [0.717, 1.165) is 11.3 Å². The third-order valence-corrected chi connectivity index (χ3v) is 3.46. The summed E-state index contributed by atoms with van der Waals surface area (Å²) in [4.78, 5) is 18.4. The molecule has 1 aromatic heterocycles. The summed E-state index contributed by atoms with van der Waals surface area (Å²) in [5.74, 6) is 0.0788. The number of hydrogen-bond donors (Lipinski definition) is 1. The Labute approximate surface area is 114 Å². The van der Waals surface area contributed by atoms with E-state index in [9.17, 15) is 9.90 Å². The van der Waals surface area contributed by atoms with Crippen LogP contribution in [0.4, 0.5) is 0 Å². The standard InChI is InChI=1S/C15H22N2O2/c1-15(2,3)14-11(5-4-7-16-14)9-13(19)17-8-6-12(18)10-17/h4-5,7,12,18H,6,8-10H2,1-3H3. The number of aromatic nitrogens is 1. The number of carbonyl (C=O) groups excluding carboxylic acids is 1. The maximum Gasteiger partial charge on any atom is 0.227 e. The Balaban J connectivity index is 2.13. The van der Waals surface area contributed by atoms with Crippen molar-refractivity contribution in [3.8, 4) is 0 Å². The molecule has 1 fully saturated rings. The fourth-order valence-electron chi connectivity index (χ4n) is 2.50. The topological polar surface area (TPSA) is 53.4 Å². The second-order valence-corrected chi connectivity index (χ2v) is 6.22. The maximum atomic E-state index is 12.2. The summed E-state index contributed by atoms with van der Waals surface area (Å²) in [7, 11) is 0. The second-order valence-electron chi connectivity index (χ2n) is 6.22. The summed E-state index contributed by atoms with van der Waals surface area (Å²) >= 11 is 0. The zero-order valence-electron chi connectivity index (χ0n) is 11.9. The van der Waals surface area contributed by atoms with Crippen molar-refractivity contribution in [2.45, 2.75) is 45.1 Å². The highest BCUT2D eigenvalue weighted by Crippen LogP contribution is 2.24. The average Bonchev–Trinajstić information content (AvgIpc) is 2.75. The normalized spacial score (nSPS) is 19.8. The Kier molecular flexibility index (Phi) is 3.90. The van der Waals surface area contributed by atoms with Crippen LogP contribution in [0.3, 0.4) is 0 Å². The Morgan fingerprint density at radius 2 is 2.26 bits per heavy atom. The smallest absolute Gasteiger partial charge is 0.227 e. The van der Waals surface area contributed by atoms with E-state index in [1.807, 2.05) is 12.1 Å². The van der Waals surface area contributed by atoms with Crippen LogP contribution < -0.4 is 0 Å². The number of carbonyl (C=O) groups is 1. The molecule has 104 valence electrons. The Hall–Kier alpha value is -1.42. The highest BCUT2D eigenvalue weighted by Gasteiger charge is 2.26. The van der Waals surface area contributed by atoms with Crippen LogP contribution in [0.5, 0.6) is 0 Å². The molecule has 1 atom stereocenters. The van der Waals surface area contributed by atoms with E-state index in [1.54, 1.807) is 11.1 Å². The van der Waals surface area contributed by atoms with Crippen molar-refractivity contribution < 1.29 is 9.90 Å². The van der Waals surface area contributed by atoms with Crippen LogP contribution in [0.2, 0.25) is 0 Å². The highest BCUT2D eigenvalue weighted by atomic mass is 16.3. The minimum atomic E-state index is -0.361. The fourth-order valence-corrected chi connectivity index (χ4v) is 2.50. The van der Waals surface area contributed by atoms with Crippen molar-refractivity contribution in [3.63, 3.8) is 0 Å². The molecule has 0 radical (unpaired) electrons. The Morgan fingerprint density at radius 3 is 2.84 bits per heavy atom. The van der Waals surface area contributed by atoms with Gasteiger partial charge in [0.25, 0.3) is 0 Å². The summed E-state index contributed by atoms with van der Waals surface area (Å²) < 4.78 is 0. The lowest BCUT2D eigenvalue weighted by molar-refractivity contribution is -0.129. The molecule has 1 aliphatic heterocycles. The SMILES string of the molecule is CC(C)(C)c1ncccc1CC(=O)N1CCC(O)C1. The predicted molar refractivity (Wildman–Crippen MR) is 73.8 cm³/mol. The molecule has 1 aromatic rings. The van der Waals surface area contributed by atoms with E-state index in [2.05, 4.69) is 25.8 Å². The molecule has 0 aromatic carbocycles. The molecular weight excluding hydrogens is 240 g/mol. The zero-order chi connectivity index (χ0) is 14.0. The molecule has 2 rings (SSSR count). The maximum absolute atomic E-state index is 12.2. The first-order valence-corrected chi connectivity index (χ1v) is 6.78. The minimum absolute atomic E-state index is 0.0681. The number of pyridine rings is 1. The molecule has 1 N–H and O–H groups in total. The second kappa shape index (κ2) is 5.29. The van der Waals surface area contributed by atoms with Crippen molar-refractivity contribution in [3.05, 3.63) is 29.6 Å². The van der Waals surface area contributed by atoms with Crippen molar-refractivity contribution in [1.82, 2.24) is 9.88 Å². The first-order valence-electron chi connectivity index (χ1n) is 6.78. The third-order valence-electron chi connectivity index (χ3n) is 3.46. The van der Waals surface area contributed by atoms with Crippen LogP contribution in [0.1, 0.15) is 38.4 Å². The van der Waals surface area contributed by atoms with Gasteiger partial charge in [-0.15, -0.1) is 0 Å². The van der Waals surface area contributed by atoms with Gasteiger partial charge >= 0.3 is 0 Å². The molecule has 0 aliphatic carbocycles. The van der Waals surface area contributed by atoms with E-state index in [0.29, 0.717) is 25.9 Å². The quantitative estimate of drug-likeness (QED) is 0.879. The summed E-state index contributed by atoms with van der Waals surface area (Å²) in [5, 5.41) is 9.49. The molecule has 2 heterocycles. The van der Waals surface area contributed by atoms with Crippen LogP contribution in [0.15, 0.2) is 18.3 Å². The molecule has 1 aliphatic rings. The molecular formula is C15H22N2O2. The lowest BCUT2D eigenvalue weighted by atomic mass is 9.87. The number of rotatable bonds is 2. The number of β-amino-alcohol motifs (C(OH)–C–C–N with tert-alkyl or cyclic N) is 1. The van der Waals surface area contributed by atoms with E-state index in [4.69, 9.17) is 0 Å². The molecule has 1 saturated heterocycles. The van der Waals surface area contributed by atoms with Gasteiger partial charge in [-0.1, -0.05) is 26.8 Å². The van der Waals surface area contributed by atoms with Crippen LogP contribution in [-0.2, 0) is 16.6 Å². The molecule has 19 heavy (non-hydrogen) atoms. The number of aliphatic hydroxyl groups excluding tert-OH is 1. The highest BCUT2D eigenvalue weighted by molar-refractivity contribution is 5.79. The van der Waals surface area contributed by atoms with Crippen molar-refractivity contribution in [2.75, 3.05) is 13.1 Å². The van der Waals surface area contributed by atoms with E-state index in [1.165, 1.54) is 0 Å². The van der Waals surface area contributed by atoms with Gasteiger partial charge in [0, 0.05) is 30.4 Å². The first-order chi connectivity index (χ1) is 8.88. The number of likely N-dealkylation sites (tertiary alicyclic amines) is 1. The third kappa shape index (κ3) is 3.32. The van der Waals surface area contributed by atoms with Gasteiger partial charge in [0.15, 0.2) is 0 Å². The Morgan fingerprint density at radius 1 is 1.53 bits per heavy atom. The number of aliphatic hydroxyl groups is 1. The molecule has 4 nitrogen and oxygen atoms in total. The van der Waals surface area contributed by atoms with E-state index >= 15 is 0 Å². The van der Waals surface area contributed by atoms with Gasteiger partial charge in [-0.3, -0.25) is 9.78 Å². The van der Waals surface area contributed by atoms with Gasteiger partial charge in [0.05, 0.1) is 12.5 Å². The molecule has 4 heteroatoms. The molecule has 0 bridgehead atoms. The summed E-state index contributed by atoms with van der Waals surface area (Å²) in [6.07, 6.45) is 2.46. The van der Waals surface area contributed by atoms with Gasteiger partial charge in [0.1, 0.15) is 0 Å². The first kappa shape index (κ1) is 14.0. The average molecular weight is 262 g/mol.